The topological polar surface area (TPSA) is 79.1 Å². The summed E-state index contributed by atoms with van der Waals surface area (Å²) in [5.74, 6) is -2.21. The second-order valence-electron chi connectivity index (χ2n) is 3.56. The van der Waals surface area contributed by atoms with Crippen molar-refractivity contribution in [2.75, 3.05) is 6.54 Å². The third-order valence-corrected chi connectivity index (χ3v) is 2.59. The number of hydrogen-bond donors (Lipinski definition) is 3. The first-order valence-electron chi connectivity index (χ1n) is 4.83. The standard InChI is InChI=1S/C11H11FN2O2/c12-6-1-2-10-7(3-6)9(5-14-10)8(4-13)11(15)16/h1-3,5,8,14H,4,13H2,(H,15,16). The summed E-state index contributed by atoms with van der Waals surface area (Å²) in [6.45, 7) is -0.0151. The zero-order chi connectivity index (χ0) is 11.7. The predicted molar refractivity (Wildman–Crippen MR) is 57.7 cm³/mol. The molecule has 4 N–H and O–H groups in total. The van der Waals surface area contributed by atoms with E-state index in [9.17, 15) is 9.18 Å². The molecule has 0 bridgehead atoms. The SMILES string of the molecule is NCC(C(=O)O)c1c[nH]c2ccc(F)cc12. The molecule has 2 rings (SSSR count). The molecule has 0 aliphatic rings. The summed E-state index contributed by atoms with van der Waals surface area (Å²) in [4.78, 5) is 13.9. The number of carboxylic acid groups (broad SMARTS) is 1. The smallest absolute Gasteiger partial charge is 0.312 e. The molecule has 0 saturated carbocycles. The van der Waals surface area contributed by atoms with E-state index in [0.29, 0.717) is 16.5 Å². The highest BCUT2D eigenvalue weighted by atomic mass is 19.1. The molecule has 0 aliphatic carbocycles. The summed E-state index contributed by atoms with van der Waals surface area (Å²) in [7, 11) is 0. The van der Waals surface area contributed by atoms with Crippen molar-refractivity contribution in [3.63, 3.8) is 0 Å². The van der Waals surface area contributed by atoms with Gasteiger partial charge in [0.2, 0.25) is 0 Å². The number of halogens is 1. The fourth-order valence-corrected chi connectivity index (χ4v) is 1.76. The van der Waals surface area contributed by atoms with Crippen molar-refractivity contribution >= 4 is 16.9 Å². The van der Waals surface area contributed by atoms with E-state index >= 15 is 0 Å². The molecule has 84 valence electrons. The monoisotopic (exact) mass is 222 g/mol. The zero-order valence-corrected chi connectivity index (χ0v) is 8.40. The number of H-pyrrole nitrogens is 1. The van der Waals surface area contributed by atoms with E-state index in [1.165, 1.54) is 12.1 Å². The zero-order valence-electron chi connectivity index (χ0n) is 8.40. The van der Waals surface area contributed by atoms with Crippen molar-refractivity contribution in [2.45, 2.75) is 5.92 Å². The summed E-state index contributed by atoms with van der Waals surface area (Å²) in [6, 6.07) is 4.21. The average molecular weight is 222 g/mol. The number of fused-ring (bicyclic) bond motifs is 1. The minimum absolute atomic E-state index is 0.0151. The van der Waals surface area contributed by atoms with Gasteiger partial charge in [-0.1, -0.05) is 0 Å². The van der Waals surface area contributed by atoms with Crippen LogP contribution in [0.3, 0.4) is 0 Å². The maximum absolute atomic E-state index is 13.1. The number of aliphatic carboxylic acids is 1. The molecule has 1 aromatic heterocycles. The molecule has 0 spiro atoms. The van der Waals surface area contributed by atoms with Crippen LogP contribution in [0.4, 0.5) is 4.39 Å². The minimum Gasteiger partial charge on any atom is -0.481 e. The highest BCUT2D eigenvalue weighted by Crippen LogP contribution is 2.26. The van der Waals surface area contributed by atoms with Gasteiger partial charge in [-0.25, -0.2) is 4.39 Å². The molecule has 0 aliphatic heterocycles. The maximum atomic E-state index is 13.1. The molecule has 1 heterocycles. The van der Waals surface area contributed by atoms with Crippen LogP contribution in [-0.2, 0) is 4.79 Å². The second kappa shape index (κ2) is 3.94. The Hall–Kier alpha value is -1.88. The van der Waals surface area contributed by atoms with Crippen molar-refractivity contribution < 1.29 is 14.3 Å². The lowest BCUT2D eigenvalue weighted by molar-refractivity contribution is -0.138. The Morgan fingerprint density at radius 3 is 2.94 bits per heavy atom. The van der Waals surface area contributed by atoms with E-state index in [0.717, 1.165) is 0 Å². The summed E-state index contributed by atoms with van der Waals surface area (Å²) in [5, 5.41) is 9.55. The number of rotatable bonds is 3. The normalized spacial score (nSPS) is 12.9. The molecule has 5 heteroatoms. The summed E-state index contributed by atoms with van der Waals surface area (Å²) in [5.41, 5.74) is 6.63. The summed E-state index contributed by atoms with van der Waals surface area (Å²) in [6.07, 6.45) is 1.57. The summed E-state index contributed by atoms with van der Waals surface area (Å²) >= 11 is 0. The molecule has 2 aromatic rings. The lowest BCUT2D eigenvalue weighted by Gasteiger charge is -2.07. The number of nitrogens with two attached hydrogens (primary N) is 1. The average Bonchev–Trinajstić information content (AvgIpc) is 2.62. The number of carboxylic acids is 1. The predicted octanol–water partition coefficient (Wildman–Crippen LogP) is 1.43. The van der Waals surface area contributed by atoms with Gasteiger partial charge in [0.1, 0.15) is 5.82 Å². The molecule has 1 unspecified atom stereocenters. The van der Waals surface area contributed by atoms with E-state index in [2.05, 4.69) is 4.98 Å². The number of hydrogen-bond acceptors (Lipinski definition) is 2. The molecule has 0 amide bonds. The van der Waals surface area contributed by atoms with Gasteiger partial charge >= 0.3 is 5.97 Å². The lowest BCUT2D eigenvalue weighted by atomic mass is 9.99. The highest BCUT2D eigenvalue weighted by molar-refractivity contribution is 5.89. The molecule has 1 atom stereocenters. The Balaban J connectivity index is 2.59. The second-order valence-corrected chi connectivity index (χ2v) is 3.56. The Bertz CT molecular complexity index is 536. The third kappa shape index (κ3) is 1.65. The van der Waals surface area contributed by atoms with Gasteiger partial charge in [-0.05, 0) is 23.8 Å². The first-order chi connectivity index (χ1) is 7.63. The van der Waals surface area contributed by atoms with Crippen LogP contribution in [0.2, 0.25) is 0 Å². The van der Waals surface area contributed by atoms with Crippen LogP contribution < -0.4 is 5.73 Å². The number of aromatic amines is 1. The highest BCUT2D eigenvalue weighted by Gasteiger charge is 2.21. The molecule has 0 saturated heterocycles. The van der Waals surface area contributed by atoms with E-state index in [1.807, 2.05) is 0 Å². The van der Waals surface area contributed by atoms with Crippen LogP contribution in [0, 0.1) is 5.82 Å². The van der Waals surface area contributed by atoms with Crippen LogP contribution in [0.5, 0.6) is 0 Å². The van der Waals surface area contributed by atoms with Crippen LogP contribution >= 0.6 is 0 Å². The molecule has 0 radical (unpaired) electrons. The number of nitrogens with one attached hydrogen (secondary N) is 1. The molecule has 4 nitrogen and oxygen atoms in total. The van der Waals surface area contributed by atoms with Gasteiger partial charge in [0.05, 0.1) is 5.92 Å². The van der Waals surface area contributed by atoms with Gasteiger partial charge in [-0.15, -0.1) is 0 Å². The van der Waals surface area contributed by atoms with Gasteiger partial charge in [-0.2, -0.15) is 0 Å². The maximum Gasteiger partial charge on any atom is 0.312 e. The van der Waals surface area contributed by atoms with E-state index in [4.69, 9.17) is 10.8 Å². The number of aromatic nitrogens is 1. The summed E-state index contributed by atoms with van der Waals surface area (Å²) < 4.78 is 13.1. The van der Waals surface area contributed by atoms with Gasteiger partial charge in [0.25, 0.3) is 0 Å². The van der Waals surface area contributed by atoms with E-state index < -0.39 is 17.7 Å². The Morgan fingerprint density at radius 2 is 2.31 bits per heavy atom. The first-order valence-corrected chi connectivity index (χ1v) is 4.83. The lowest BCUT2D eigenvalue weighted by Crippen LogP contribution is -2.20. The molecular weight excluding hydrogens is 211 g/mol. The van der Waals surface area contributed by atoms with Crippen LogP contribution in [0.1, 0.15) is 11.5 Å². The Labute approximate surface area is 90.9 Å². The molecule has 16 heavy (non-hydrogen) atoms. The van der Waals surface area contributed by atoms with Gasteiger partial charge in [0, 0.05) is 23.6 Å². The third-order valence-electron chi connectivity index (χ3n) is 2.59. The van der Waals surface area contributed by atoms with Crippen molar-refractivity contribution in [1.29, 1.82) is 0 Å². The Morgan fingerprint density at radius 1 is 1.56 bits per heavy atom. The first kappa shape index (κ1) is 10.6. The van der Waals surface area contributed by atoms with Crippen LogP contribution in [0.15, 0.2) is 24.4 Å². The van der Waals surface area contributed by atoms with Crippen molar-refractivity contribution in [3.8, 4) is 0 Å². The van der Waals surface area contributed by atoms with E-state index in [1.54, 1.807) is 12.3 Å². The molecule has 0 fully saturated rings. The number of carbonyl (C=O) groups is 1. The van der Waals surface area contributed by atoms with Gasteiger partial charge in [-0.3, -0.25) is 4.79 Å². The molecular formula is C11H11FN2O2. The fraction of sp³-hybridized carbons (Fsp3) is 0.182. The van der Waals surface area contributed by atoms with Crippen molar-refractivity contribution in [3.05, 3.63) is 35.8 Å². The van der Waals surface area contributed by atoms with Crippen LogP contribution in [-0.4, -0.2) is 22.6 Å². The van der Waals surface area contributed by atoms with Gasteiger partial charge < -0.3 is 15.8 Å². The van der Waals surface area contributed by atoms with Crippen LogP contribution in [0.25, 0.3) is 10.9 Å². The number of benzene rings is 1. The van der Waals surface area contributed by atoms with E-state index in [-0.39, 0.29) is 6.54 Å². The van der Waals surface area contributed by atoms with Crippen molar-refractivity contribution in [1.82, 2.24) is 4.98 Å². The molecule has 1 aromatic carbocycles. The largest absolute Gasteiger partial charge is 0.481 e. The Kier molecular flexibility index (Phi) is 2.62. The minimum atomic E-state index is -1.01. The fourth-order valence-electron chi connectivity index (χ4n) is 1.76. The quantitative estimate of drug-likeness (QED) is 0.735. The van der Waals surface area contributed by atoms with Crippen molar-refractivity contribution in [2.24, 2.45) is 5.73 Å². The van der Waals surface area contributed by atoms with Gasteiger partial charge in [0.15, 0.2) is 0 Å².